The molecule has 0 fully saturated rings. The molecule has 0 bridgehead atoms. The number of benzene rings is 16. The van der Waals surface area contributed by atoms with E-state index in [1.54, 1.807) is 0 Å². The standard InChI is InChI=1S/C49H31NO.C24H17NO.C12H7BrO.C12H11N/c1-2-15-32(16-3-1)34-17-7-12-25-44(34)50(45-26-14-28-47-48(45)39-21-8-13-27-46(39)51-47)33-29-30-38-37-20-6-11-24-42(37)49(43(38)31-33)40-22-9-4-18-35(40)36-19-5-10-23-41(36)49;1-2-9-17(10-3-1)18-11-4-6-13-20(18)25-21-14-8-16-23-24(21)19-12-5-7-15-22(19)26-23;13-9-5-3-7-11-12(9)8-4-1-2-6-10(8)14-11;13-12-9-5-4-8-11(12)10-6-2-1-3-7-10/h1-31H;1-16,25H;1-7H;1-9H,13H2. The van der Waals surface area contributed by atoms with Crippen molar-refractivity contribution in [3.05, 3.63) is 409 Å². The van der Waals surface area contributed by atoms with Gasteiger partial charge < -0.3 is 29.2 Å². The lowest BCUT2D eigenvalue weighted by Crippen LogP contribution is -2.26. The smallest absolute Gasteiger partial charge is 0.137 e. The zero-order valence-electron chi connectivity index (χ0n) is 56.5. The molecule has 3 aromatic heterocycles. The molecule has 19 aromatic rings. The number of rotatable bonds is 8. The van der Waals surface area contributed by atoms with Gasteiger partial charge in [0.05, 0.1) is 33.2 Å². The molecule has 6 nitrogen and oxygen atoms in total. The molecular formula is C97H66BrN3O3. The molecule has 3 heterocycles. The predicted molar refractivity (Wildman–Crippen MR) is 437 cm³/mol. The Labute approximate surface area is 610 Å². The van der Waals surface area contributed by atoms with Crippen LogP contribution >= 0.6 is 15.9 Å². The quantitative estimate of drug-likeness (QED) is 0.148. The average Bonchev–Trinajstić information content (AvgIpc) is 1.51. The highest BCUT2D eigenvalue weighted by atomic mass is 79.9. The third-order valence-corrected chi connectivity index (χ3v) is 20.8. The number of fused-ring (bicyclic) bond motifs is 19. The minimum absolute atomic E-state index is 0.436. The Hall–Kier alpha value is -13.2. The Bertz CT molecular complexity index is 6330. The lowest BCUT2D eigenvalue weighted by atomic mass is 9.70. The van der Waals surface area contributed by atoms with Crippen molar-refractivity contribution < 1.29 is 13.3 Å². The summed E-state index contributed by atoms with van der Waals surface area (Å²) < 4.78 is 19.3. The van der Waals surface area contributed by atoms with Gasteiger partial charge in [0.2, 0.25) is 0 Å². The van der Waals surface area contributed by atoms with Crippen LogP contribution in [0.4, 0.5) is 34.1 Å². The minimum Gasteiger partial charge on any atom is -0.456 e. The zero-order chi connectivity index (χ0) is 69.5. The summed E-state index contributed by atoms with van der Waals surface area (Å²) in [6, 6.07) is 134. The van der Waals surface area contributed by atoms with Gasteiger partial charge in [0, 0.05) is 59.8 Å². The van der Waals surface area contributed by atoms with Gasteiger partial charge in [-0.2, -0.15) is 0 Å². The van der Waals surface area contributed by atoms with E-state index in [2.05, 4.69) is 287 Å². The maximum Gasteiger partial charge on any atom is 0.137 e. The van der Waals surface area contributed by atoms with E-state index >= 15 is 0 Å². The molecular weight excluding hydrogens is 1330 g/mol. The van der Waals surface area contributed by atoms with E-state index in [0.29, 0.717) is 0 Å². The number of anilines is 6. The Morgan fingerprint density at radius 2 is 0.644 bits per heavy atom. The fourth-order valence-corrected chi connectivity index (χ4v) is 16.3. The van der Waals surface area contributed by atoms with Crippen molar-refractivity contribution in [2.75, 3.05) is 16.0 Å². The molecule has 3 N–H and O–H groups in total. The monoisotopic (exact) mass is 1400 g/mol. The van der Waals surface area contributed by atoms with Gasteiger partial charge in [-0.3, -0.25) is 0 Å². The first-order valence-corrected chi connectivity index (χ1v) is 35.8. The molecule has 2 aliphatic rings. The molecule has 0 radical (unpaired) electrons. The summed E-state index contributed by atoms with van der Waals surface area (Å²) in [5, 5.41) is 10.4. The van der Waals surface area contributed by atoms with Crippen molar-refractivity contribution in [2.24, 2.45) is 0 Å². The number of furan rings is 3. The van der Waals surface area contributed by atoms with E-state index < -0.39 is 5.41 Å². The third kappa shape index (κ3) is 11.1. The Balaban J connectivity index is 0.000000119. The number of halogens is 1. The number of para-hydroxylation sites is 6. The summed E-state index contributed by atoms with van der Waals surface area (Å²) in [4.78, 5) is 2.45. The molecule has 0 unspecified atom stereocenters. The molecule has 0 atom stereocenters. The van der Waals surface area contributed by atoms with Gasteiger partial charge in [-0.05, 0) is 146 Å². The topological polar surface area (TPSA) is 80.7 Å². The molecule has 16 aromatic carbocycles. The van der Waals surface area contributed by atoms with Crippen molar-refractivity contribution in [1.82, 2.24) is 0 Å². The van der Waals surface area contributed by atoms with Gasteiger partial charge in [-0.15, -0.1) is 0 Å². The highest BCUT2D eigenvalue weighted by molar-refractivity contribution is 9.10. The molecule has 0 amide bonds. The van der Waals surface area contributed by atoms with Crippen LogP contribution in [-0.2, 0) is 5.41 Å². The number of nitrogens with two attached hydrogens (primary N) is 1. The van der Waals surface area contributed by atoms with Gasteiger partial charge in [-0.25, -0.2) is 0 Å². The first-order valence-electron chi connectivity index (χ1n) is 35.0. The number of hydrogen-bond donors (Lipinski definition) is 2. The van der Waals surface area contributed by atoms with Crippen LogP contribution in [0.25, 0.3) is 121 Å². The van der Waals surface area contributed by atoms with E-state index in [1.807, 2.05) is 121 Å². The summed E-state index contributed by atoms with van der Waals surface area (Å²) in [7, 11) is 0. The van der Waals surface area contributed by atoms with Gasteiger partial charge >= 0.3 is 0 Å². The molecule has 7 heteroatoms. The number of hydrogen-bond acceptors (Lipinski definition) is 6. The number of nitrogen functional groups attached to an aromatic ring is 1. The first-order chi connectivity index (χ1) is 51.5. The largest absolute Gasteiger partial charge is 0.456 e. The maximum absolute atomic E-state index is 6.47. The fourth-order valence-electron chi connectivity index (χ4n) is 15.7. The Morgan fingerprint density at radius 1 is 0.269 bits per heavy atom. The van der Waals surface area contributed by atoms with Crippen LogP contribution in [0, 0.1) is 0 Å². The first kappa shape index (κ1) is 63.0. The lowest BCUT2D eigenvalue weighted by molar-refractivity contribution is 0.668. The summed E-state index contributed by atoms with van der Waals surface area (Å²) in [5.74, 6) is 0. The van der Waals surface area contributed by atoms with Crippen LogP contribution < -0.4 is 16.0 Å². The third-order valence-electron chi connectivity index (χ3n) is 20.2. The number of nitrogens with one attached hydrogen (secondary N) is 1. The van der Waals surface area contributed by atoms with Crippen molar-refractivity contribution in [3.8, 4) is 55.6 Å². The summed E-state index contributed by atoms with van der Waals surface area (Å²) in [5.41, 5.74) is 34.6. The minimum atomic E-state index is -0.436. The molecule has 0 saturated carbocycles. The highest BCUT2D eigenvalue weighted by Gasteiger charge is 2.51. The van der Waals surface area contributed by atoms with Crippen molar-refractivity contribution in [1.29, 1.82) is 0 Å². The molecule has 2 aliphatic carbocycles. The number of nitrogens with zero attached hydrogens (tertiary/aromatic N) is 1. The van der Waals surface area contributed by atoms with Crippen LogP contribution in [0.1, 0.15) is 22.3 Å². The Morgan fingerprint density at radius 3 is 1.22 bits per heavy atom. The molecule has 0 aliphatic heterocycles. The van der Waals surface area contributed by atoms with Gasteiger partial charge in [0.15, 0.2) is 0 Å². The van der Waals surface area contributed by atoms with Gasteiger partial charge in [0.1, 0.15) is 33.5 Å². The van der Waals surface area contributed by atoms with Crippen LogP contribution in [0.15, 0.2) is 400 Å². The molecule has 1 spiro atoms. The maximum atomic E-state index is 6.47. The predicted octanol–water partition coefficient (Wildman–Crippen LogP) is 27.3. The normalized spacial score (nSPS) is 12.0. The molecule has 0 saturated heterocycles. The van der Waals surface area contributed by atoms with Crippen LogP contribution in [0.5, 0.6) is 0 Å². The van der Waals surface area contributed by atoms with Crippen LogP contribution in [-0.4, -0.2) is 0 Å². The van der Waals surface area contributed by atoms with Crippen LogP contribution in [0.2, 0.25) is 0 Å². The van der Waals surface area contributed by atoms with E-state index in [-0.39, 0.29) is 0 Å². The van der Waals surface area contributed by atoms with Gasteiger partial charge in [0.25, 0.3) is 0 Å². The van der Waals surface area contributed by atoms with Crippen molar-refractivity contribution >= 4 is 116 Å². The van der Waals surface area contributed by atoms with Gasteiger partial charge in [-0.1, -0.05) is 313 Å². The second kappa shape index (κ2) is 27.0. The van der Waals surface area contributed by atoms with Crippen LogP contribution in [0.3, 0.4) is 0 Å². The highest BCUT2D eigenvalue weighted by Crippen LogP contribution is 2.64. The summed E-state index contributed by atoms with van der Waals surface area (Å²) in [6.07, 6.45) is 0. The van der Waals surface area contributed by atoms with E-state index in [1.165, 1.54) is 66.8 Å². The van der Waals surface area contributed by atoms with Crippen molar-refractivity contribution in [3.63, 3.8) is 0 Å². The van der Waals surface area contributed by atoms with Crippen molar-refractivity contribution in [2.45, 2.75) is 5.41 Å². The second-order valence-corrected chi connectivity index (χ2v) is 26.9. The molecule has 104 heavy (non-hydrogen) atoms. The molecule has 21 rings (SSSR count). The average molecular weight is 1400 g/mol. The second-order valence-electron chi connectivity index (χ2n) is 26.1. The fraction of sp³-hybridized carbons (Fsp3) is 0.0103. The van der Waals surface area contributed by atoms with E-state index in [0.717, 1.165) is 116 Å². The Kier molecular flexibility index (Phi) is 16.4. The van der Waals surface area contributed by atoms with E-state index in [4.69, 9.17) is 19.0 Å². The SMILES string of the molecule is Brc1cccc2oc3ccccc3c12.Nc1ccccc1-c1ccccc1.c1ccc(-c2ccccc2N(c2ccc3c(c2)C2(c4ccccc4-c4ccccc42)c2ccccc2-3)c2cccc3oc4ccccc4c23)cc1.c1ccc(-c2ccccc2Nc2cccc3oc4ccccc4c23)cc1. The molecule has 494 valence electrons. The summed E-state index contributed by atoms with van der Waals surface area (Å²) in [6.45, 7) is 0. The lowest BCUT2D eigenvalue weighted by Gasteiger charge is -2.33. The zero-order valence-corrected chi connectivity index (χ0v) is 58.1. The van der Waals surface area contributed by atoms with E-state index in [9.17, 15) is 0 Å². The summed E-state index contributed by atoms with van der Waals surface area (Å²) >= 11 is 3.54.